The molecule has 0 amide bonds. The lowest BCUT2D eigenvalue weighted by Gasteiger charge is -2.20. The van der Waals surface area contributed by atoms with Crippen LogP contribution in [0.2, 0.25) is 0 Å². The van der Waals surface area contributed by atoms with Gasteiger partial charge in [0.2, 0.25) is 0 Å². The van der Waals surface area contributed by atoms with E-state index in [0.717, 1.165) is 16.9 Å². The zero-order valence-corrected chi connectivity index (χ0v) is 11.2. The minimum absolute atomic E-state index is 0.275. The van der Waals surface area contributed by atoms with Gasteiger partial charge in [0.1, 0.15) is 5.84 Å². The normalized spacial score (nSPS) is 10.1. The first-order valence-electron chi connectivity index (χ1n) is 6.06. The Hall–Kier alpha value is -2.33. The van der Waals surface area contributed by atoms with Gasteiger partial charge in [0.15, 0.2) is 0 Å². The Bertz CT molecular complexity index is 546. The summed E-state index contributed by atoms with van der Waals surface area (Å²) in [5, 5.41) is 9.52. The van der Waals surface area contributed by atoms with Gasteiger partial charge in [-0.2, -0.15) is 0 Å². The molecule has 0 heterocycles. The molecule has 2 aromatic rings. The summed E-state index contributed by atoms with van der Waals surface area (Å²) in [5.41, 5.74) is 2.68. The molecule has 0 saturated heterocycles. The fourth-order valence-electron chi connectivity index (χ4n) is 1.77. The van der Waals surface area contributed by atoms with Crippen LogP contribution in [0.4, 0.5) is 11.4 Å². The number of amidine groups is 1. The highest BCUT2D eigenvalue weighted by atomic mass is 15.4. The van der Waals surface area contributed by atoms with Crippen molar-refractivity contribution >= 4 is 17.2 Å². The van der Waals surface area contributed by atoms with E-state index in [9.17, 15) is 0 Å². The second-order valence-electron chi connectivity index (χ2n) is 4.50. The third-order valence-corrected chi connectivity index (χ3v) is 2.93. The molecule has 0 aliphatic rings. The van der Waals surface area contributed by atoms with Gasteiger partial charge in [-0.05, 0) is 36.4 Å². The highest BCUT2D eigenvalue weighted by Crippen LogP contribution is 2.16. The van der Waals surface area contributed by atoms with E-state index < -0.39 is 0 Å². The van der Waals surface area contributed by atoms with E-state index in [1.807, 2.05) is 73.6 Å². The molecule has 0 radical (unpaired) electrons. The molecular formula is C15H18N4. The molecule has 4 nitrogen and oxygen atoms in total. The van der Waals surface area contributed by atoms with Gasteiger partial charge in [0.25, 0.3) is 0 Å². The Labute approximate surface area is 113 Å². The number of hydrazine groups is 1. The number of hydrogen-bond acceptors (Lipinski definition) is 3. The van der Waals surface area contributed by atoms with Crippen molar-refractivity contribution in [2.75, 3.05) is 24.0 Å². The lowest BCUT2D eigenvalue weighted by Crippen LogP contribution is -2.37. The van der Waals surface area contributed by atoms with Crippen molar-refractivity contribution in [3.8, 4) is 0 Å². The molecule has 0 atom stereocenters. The molecule has 0 spiro atoms. The third kappa shape index (κ3) is 2.92. The summed E-state index contributed by atoms with van der Waals surface area (Å²) in [7, 11) is 3.97. The van der Waals surface area contributed by atoms with E-state index in [0.29, 0.717) is 0 Å². The van der Waals surface area contributed by atoms with E-state index >= 15 is 0 Å². The standard InChI is InChI=1S/C15H18N4/c1-18(2)13-10-8-12(9-11-13)15(16)19(17)14-6-4-3-5-7-14/h3-11,16H,17H2,1-2H3. The summed E-state index contributed by atoms with van der Waals surface area (Å²) in [6, 6.07) is 17.2. The van der Waals surface area contributed by atoms with Crippen LogP contribution in [0.25, 0.3) is 0 Å². The Morgan fingerprint density at radius 1 is 0.895 bits per heavy atom. The highest BCUT2D eigenvalue weighted by molar-refractivity contribution is 6.07. The minimum atomic E-state index is 0.275. The van der Waals surface area contributed by atoms with E-state index in [1.165, 1.54) is 5.01 Å². The summed E-state index contributed by atoms with van der Waals surface area (Å²) >= 11 is 0. The maximum Gasteiger partial charge on any atom is 0.147 e. The van der Waals surface area contributed by atoms with Gasteiger partial charge in [0.05, 0.1) is 5.69 Å². The molecule has 0 aliphatic carbocycles. The molecule has 0 saturated carbocycles. The molecule has 19 heavy (non-hydrogen) atoms. The quantitative estimate of drug-likeness (QED) is 0.383. The van der Waals surface area contributed by atoms with Gasteiger partial charge in [-0.1, -0.05) is 18.2 Å². The molecule has 4 heteroatoms. The van der Waals surface area contributed by atoms with Crippen molar-refractivity contribution in [2.45, 2.75) is 0 Å². The summed E-state index contributed by atoms with van der Waals surface area (Å²) < 4.78 is 0. The monoisotopic (exact) mass is 254 g/mol. The maximum absolute atomic E-state index is 8.14. The number of nitrogens with zero attached hydrogens (tertiary/aromatic N) is 2. The number of rotatable bonds is 3. The van der Waals surface area contributed by atoms with Gasteiger partial charge < -0.3 is 4.90 Å². The average molecular weight is 254 g/mol. The van der Waals surface area contributed by atoms with Crippen LogP contribution in [-0.2, 0) is 0 Å². The number of anilines is 2. The predicted octanol–water partition coefficient (Wildman–Crippen LogP) is 2.46. The van der Waals surface area contributed by atoms with Crippen LogP contribution in [0.3, 0.4) is 0 Å². The lowest BCUT2D eigenvalue weighted by molar-refractivity contribution is 1.11. The van der Waals surface area contributed by atoms with Gasteiger partial charge in [-0.15, -0.1) is 0 Å². The van der Waals surface area contributed by atoms with Crippen molar-refractivity contribution in [3.63, 3.8) is 0 Å². The van der Waals surface area contributed by atoms with Crippen molar-refractivity contribution in [1.82, 2.24) is 0 Å². The number of para-hydroxylation sites is 1. The van der Waals surface area contributed by atoms with Crippen molar-refractivity contribution in [3.05, 3.63) is 60.2 Å². The van der Waals surface area contributed by atoms with E-state index in [2.05, 4.69) is 0 Å². The number of nitrogens with two attached hydrogens (primary N) is 1. The SMILES string of the molecule is CN(C)c1ccc(C(=N)N(N)c2ccccc2)cc1. The largest absolute Gasteiger partial charge is 0.378 e. The van der Waals surface area contributed by atoms with Gasteiger partial charge in [-0.3, -0.25) is 10.4 Å². The van der Waals surface area contributed by atoms with E-state index in [-0.39, 0.29) is 5.84 Å². The molecule has 0 unspecified atom stereocenters. The van der Waals surface area contributed by atoms with Gasteiger partial charge >= 0.3 is 0 Å². The van der Waals surface area contributed by atoms with Crippen LogP contribution >= 0.6 is 0 Å². The van der Waals surface area contributed by atoms with Crippen LogP contribution in [0.15, 0.2) is 54.6 Å². The van der Waals surface area contributed by atoms with Gasteiger partial charge in [0, 0.05) is 25.3 Å². The molecule has 0 aliphatic heterocycles. The molecule has 0 bridgehead atoms. The highest BCUT2D eigenvalue weighted by Gasteiger charge is 2.10. The number of nitrogens with one attached hydrogen (secondary N) is 1. The van der Waals surface area contributed by atoms with E-state index in [4.69, 9.17) is 11.3 Å². The molecule has 0 fully saturated rings. The third-order valence-electron chi connectivity index (χ3n) is 2.93. The van der Waals surface area contributed by atoms with Crippen molar-refractivity contribution in [2.24, 2.45) is 5.84 Å². The van der Waals surface area contributed by atoms with Gasteiger partial charge in [-0.25, -0.2) is 5.84 Å². The summed E-state index contributed by atoms with van der Waals surface area (Å²) in [4.78, 5) is 2.02. The Kier molecular flexibility index (Phi) is 3.82. The maximum atomic E-state index is 8.14. The van der Waals surface area contributed by atoms with Crippen LogP contribution < -0.4 is 15.8 Å². The minimum Gasteiger partial charge on any atom is -0.378 e. The van der Waals surface area contributed by atoms with Crippen LogP contribution in [0.5, 0.6) is 0 Å². The Morgan fingerprint density at radius 3 is 2.00 bits per heavy atom. The fourth-order valence-corrected chi connectivity index (χ4v) is 1.77. The summed E-state index contributed by atoms with van der Waals surface area (Å²) in [6.45, 7) is 0. The second-order valence-corrected chi connectivity index (χ2v) is 4.50. The molecule has 98 valence electrons. The first kappa shape index (κ1) is 13.1. The summed E-state index contributed by atoms with van der Waals surface area (Å²) in [5.74, 6) is 6.24. The number of benzene rings is 2. The first-order valence-corrected chi connectivity index (χ1v) is 6.06. The smallest absolute Gasteiger partial charge is 0.147 e. The Balaban J connectivity index is 2.20. The van der Waals surface area contributed by atoms with Crippen LogP contribution in [-0.4, -0.2) is 19.9 Å². The lowest BCUT2D eigenvalue weighted by atomic mass is 10.1. The molecule has 2 rings (SSSR count). The first-order chi connectivity index (χ1) is 9.09. The molecule has 2 aromatic carbocycles. The fraction of sp³-hybridized carbons (Fsp3) is 0.133. The van der Waals surface area contributed by atoms with Crippen LogP contribution in [0, 0.1) is 5.41 Å². The van der Waals surface area contributed by atoms with Crippen molar-refractivity contribution < 1.29 is 0 Å². The zero-order valence-electron chi connectivity index (χ0n) is 11.2. The zero-order chi connectivity index (χ0) is 13.8. The second kappa shape index (κ2) is 5.54. The molecular weight excluding hydrogens is 236 g/mol. The molecule has 3 N–H and O–H groups in total. The molecule has 0 aromatic heterocycles. The van der Waals surface area contributed by atoms with Crippen molar-refractivity contribution in [1.29, 1.82) is 5.41 Å². The van der Waals surface area contributed by atoms with Crippen LogP contribution in [0.1, 0.15) is 5.56 Å². The topological polar surface area (TPSA) is 56.4 Å². The van der Waals surface area contributed by atoms with E-state index in [1.54, 1.807) is 0 Å². The average Bonchev–Trinajstić information content (AvgIpc) is 2.46. The summed E-state index contributed by atoms with van der Waals surface area (Å²) in [6.07, 6.45) is 0. The number of hydrogen-bond donors (Lipinski definition) is 2. The Morgan fingerprint density at radius 2 is 1.47 bits per heavy atom. The predicted molar refractivity (Wildman–Crippen MR) is 80.7 cm³/mol.